The number of aliphatic hydroxyl groups is 3. The molecule has 8 aromatic carbocycles. The third-order valence-corrected chi connectivity index (χ3v) is 23.0. The van der Waals surface area contributed by atoms with Crippen molar-refractivity contribution in [3.05, 3.63) is 156 Å². The van der Waals surface area contributed by atoms with E-state index in [1.165, 1.54) is 32.9 Å². The van der Waals surface area contributed by atoms with Crippen LogP contribution >= 0.6 is 0 Å². The standard InChI is InChI=1S/2C43H57N15O5S.3C3H6O3.Fe/c2*1-7-57(8-2)20-12-18-45-41-48-42(46-19-13-21-58(9-3)10-4)50-43(49-41)47-30-14-11-15-31(24-30)51-52-33-22-29(6)34(23-28(33)5)53-55-36-26-37(40(61)27-39(36)60)56-54-35-25-32(64(44,62)63)16-17-38(35)59;3*1-2(4)3(5)6;/h2*11,14-17,22-27,59-61H,7-10,12-13,18-21H2,1-6H3,(H2,44,62,63)(H3,45,46,47,48,49,50);3*2,4H,1H3,(H,5,6);/p+1. The molecule has 0 aliphatic heterocycles. The Morgan fingerprint density at radius 3 is 0.762 bits per heavy atom. The Morgan fingerprint density at radius 1 is 0.320 bits per heavy atom. The molecule has 10 rings (SSSR count). The minimum atomic E-state index is -4.08. The van der Waals surface area contributed by atoms with Gasteiger partial charge in [0.15, 0.2) is 0 Å². The smallest absolute Gasteiger partial charge is 0.506 e. The van der Waals surface area contributed by atoms with Gasteiger partial charge < -0.3 is 113 Å². The number of hydrogen-bond acceptors (Lipinski definition) is 44. The summed E-state index contributed by atoms with van der Waals surface area (Å²) in [6.07, 6.45) is 0.0931. The number of rotatable bonds is 49. The van der Waals surface area contributed by atoms with E-state index in [1.807, 2.05) is 88.4 Å². The zero-order valence-corrected chi connectivity index (χ0v) is 87.2. The maximum Gasteiger partial charge on any atom is 1.00 e. The molecule has 10 aromatic rings. The number of azo groups is 6. The fourth-order valence-corrected chi connectivity index (χ4v) is 13.6. The number of carboxylic acid groups (broad SMARTS) is 3. The van der Waals surface area contributed by atoms with Crippen LogP contribution in [0.1, 0.15) is 126 Å². The van der Waals surface area contributed by atoms with Crippen LogP contribution in [0.5, 0.6) is 34.5 Å². The molecule has 796 valence electrons. The Hall–Kier alpha value is -14.6. The number of phenolic OH excluding ortho intramolecular Hbond substituents is 6. The Kier molecular flexibility index (Phi) is 52.1. The quantitative estimate of drug-likeness (QED) is 0.00956. The van der Waals surface area contributed by atoms with Crippen molar-refractivity contribution in [2.75, 3.05) is 137 Å². The number of aromatic nitrogens is 6. The third-order valence-electron chi connectivity index (χ3n) is 21.2. The largest absolute Gasteiger partial charge is 1.00 e. The van der Waals surface area contributed by atoms with Gasteiger partial charge in [-0.2, -0.15) is 60.6 Å². The molecular weight excluding hydrogens is 1990 g/mol. The molecule has 0 radical (unpaired) electrons. The van der Waals surface area contributed by atoms with Crippen LogP contribution in [-0.2, 0) is 51.5 Å². The summed E-state index contributed by atoms with van der Waals surface area (Å²) in [7, 11) is -8.15. The molecule has 2 heterocycles. The minimum absolute atomic E-state index is 0. The molecule has 3 unspecified atom stereocenters. The van der Waals surface area contributed by atoms with Crippen LogP contribution in [-0.4, -0.2) is 269 Å². The normalized spacial score (nSPS) is 12.2. The van der Waals surface area contributed by atoms with Crippen molar-refractivity contribution in [1.82, 2.24) is 49.5 Å². The van der Waals surface area contributed by atoms with Crippen LogP contribution in [0.2, 0.25) is 0 Å². The average molecular weight is 2120 g/mol. The van der Waals surface area contributed by atoms with Crippen molar-refractivity contribution in [3.8, 4) is 34.5 Å². The number of carboxylic acids is 3. The number of nitrogens with one attached hydrogen (secondary N) is 6. The zero-order chi connectivity index (χ0) is 108. The molecule has 0 bridgehead atoms. The first-order valence-electron chi connectivity index (χ1n) is 46.7. The number of aryl methyl sites for hydroxylation is 4. The molecule has 49 nitrogen and oxygen atoms in total. The average Bonchev–Trinajstić information content (AvgIpc) is 0.821. The summed E-state index contributed by atoms with van der Waals surface area (Å²) in [4.78, 5) is 65.2. The van der Waals surface area contributed by atoms with Gasteiger partial charge in [-0.3, -0.25) is 0 Å². The summed E-state index contributed by atoms with van der Waals surface area (Å²) >= 11 is 0. The van der Waals surface area contributed by atoms with E-state index >= 15 is 0 Å². The number of aromatic hydroxyl groups is 6. The SMILES string of the molecule is CC(O)C(=O)O.CC(O)C(=O)O.CC(O)C(=O)O.CCN(CC)CCCNc1nc(NCCCN(CC)CC)nc(Nc2cccc(N=Nc3cc(C)c(N=Nc4cc(N=Nc5cc(S(N)(=O)=O)ccc5O)c(O)cc4O)cc3C)c2)n1.CCN(CC)CCCNc1nc(NCCCN(CC)CC)nc(Nc2cccc(N=Nc3cc(C)c(N=Nc4cc(N=Nc5cc(S(N)(=O)=O)ccc5O)c(O)cc4O)cc3C)c2)n1.[Fe].[H+]. The first-order valence-corrected chi connectivity index (χ1v) is 49.8. The van der Waals surface area contributed by atoms with Crippen LogP contribution in [0.4, 0.5) is 115 Å². The first-order chi connectivity index (χ1) is 69.3. The second kappa shape index (κ2) is 62.3. The number of phenols is 6. The number of anilines is 8. The second-order valence-corrected chi connectivity index (χ2v) is 35.5. The molecular formula is C95H133FeN30O19S2+. The van der Waals surface area contributed by atoms with Gasteiger partial charge in [0.1, 0.15) is 86.9 Å². The van der Waals surface area contributed by atoms with Crippen LogP contribution in [0, 0.1) is 27.7 Å². The number of hydrogen-bond donors (Lipinski definition) is 20. The maximum atomic E-state index is 11.7. The minimum Gasteiger partial charge on any atom is -0.506 e. The van der Waals surface area contributed by atoms with E-state index in [0.717, 1.165) is 190 Å². The summed E-state index contributed by atoms with van der Waals surface area (Å²) in [6.45, 7) is 43.1. The summed E-state index contributed by atoms with van der Waals surface area (Å²) in [5.41, 5.74) is 6.91. The molecule has 52 heteroatoms. The predicted molar refractivity (Wildman–Crippen MR) is 557 cm³/mol. The van der Waals surface area contributed by atoms with Gasteiger partial charge in [-0.05, 0) is 272 Å². The Morgan fingerprint density at radius 2 is 0.537 bits per heavy atom. The van der Waals surface area contributed by atoms with Crippen molar-refractivity contribution in [2.45, 2.75) is 158 Å². The van der Waals surface area contributed by atoms with Gasteiger partial charge in [-0.15, -0.1) is 30.7 Å². The molecule has 0 aliphatic carbocycles. The molecule has 22 N–H and O–H groups in total. The molecule has 0 saturated heterocycles. The number of primary sulfonamides is 2. The van der Waals surface area contributed by atoms with Gasteiger partial charge in [-0.1, -0.05) is 67.5 Å². The van der Waals surface area contributed by atoms with Gasteiger partial charge in [0, 0.05) is 78.9 Å². The fourth-order valence-electron chi connectivity index (χ4n) is 12.5. The Bertz CT molecular complexity index is 5930. The van der Waals surface area contributed by atoms with Crippen LogP contribution < -0.4 is 42.2 Å². The van der Waals surface area contributed by atoms with Gasteiger partial charge >= 0.3 is 19.3 Å². The zero-order valence-electron chi connectivity index (χ0n) is 85.5. The fraction of sp³-hybridized carbons (Fsp3) is 0.400. The Labute approximate surface area is 865 Å². The third kappa shape index (κ3) is 43.3. The molecule has 0 amide bonds. The molecule has 147 heavy (non-hydrogen) atoms. The van der Waals surface area contributed by atoms with Crippen LogP contribution in [0.15, 0.2) is 205 Å². The monoisotopic (exact) mass is 2120 g/mol. The summed E-state index contributed by atoms with van der Waals surface area (Å²) in [5, 5.41) is 190. The molecule has 0 saturated carbocycles. The second-order valence-electron chi connectivity index (χ2n) is 32.3. The number of sulfonamides is 2. The van der Waals surface area contributed by atoms with Gasteiger partial charge in [-0.25, -0.2) is 41.5 Å². The summed E-state index contributed by atoms with van der Waals surface area (Å²) < 4.78 is 47.0. The van der Waals surface area contributed by atoms with Crippen molar-refractivity contribution in [2.24, 2.45) is 71.6 Å². The van der Waals surface area contributed by atoms with Gasteiger partial charge in [0.25, 0.3) is 0 Å². The van der Waals surface area contributed by atoms with E-state index < -0.39 is 67.8 Å². The molecule has 2 aromatic heterocycles. The maximum absolute atomic E-state index is 11.7. The van der Waals surface area contributed by atoms with E-state index in [-0.39, 0.29) is 85.4 Å². The van der Waals surface area contributed by atoms with Crippen molar-refractivity contribution < 1.29 is 111 Å². The van der Waals surface area contributed by atoms with Crippen molar-refractivity contribution in [1.29, 1.82) is 0 Å². The number of carbonyl (C=O) groups is 3. The molecule has 0 fully saturated rings. The first kappa shape index (κ1) is 123. The van der Waals surface area contributed by atoms with E-state index in [2.05, 4.69) is 198 Å². The van der Waals surface area contributed by atoms with Crippen LogP contribution in [0.25, 0.3) is 0 Å². The number of aliphatic hydroxyl groups excluding tert-OH is 3. The molecule has 0 aliphatic rings. The summed E-state index contributed by atoms with van der Waals surface area (Å²) in [6, 6.07) is 33.0. The number of nitrogens with zero attached hydrogens (tertiary/aromatic N) is 22. The molecule has 3 atom stereocenters. The van der Waals surface area contributed by atoms with E-state index in [4.69, 9.17) is 40.9 Å². The van der Waals surface area contributed by atoms with E-state index in [9.17, 15) is 61.9 Å². The number of nitrogens with two attached hydrogens (primary N) is 2. The summed E-state index contributed by atoms with van der Waals surface area (Å²) in [5.74, 6) is -3.29. The van der Waals surface area contributed by atoms with Crippen molar-refractivity contribution >= 4 is 153 Å². The Balaban J connectivity index is 0.000000521. The van der Waals surface area contributed by atoms with Crippen molar-refractivity contribution in [3.63, 3.8) is 0 Å². The van der Waals surface area contributed by atoms with Gasteiger partial charge in [0.05, 0.1) is 43.9 Å². The predicted octanol–water partition coefficient (Wildman–Crippen LogP) is 17.5. The number of benzene rings is 8. The van der Waals surface area contributed by atoms with E-state index in [1.54, 1.807) is 12.1 Å². The van der Waals surface area contributed by atoms with Gasteiger partial charge in [0.2, 0.25) is 55.7 Å². The number of aliphatic carboxylic acids is 3. The van der Waals surface area contributed by atoms with Crippen LogP contribution in [0.3, 0.4) is 0 Å². The molecule has 0 spiro atoms. The van der Waals surface area contributed by atoms with E-state index in [0.29, 0.717) is 92.3 Å². The topological polar surface area (TPSA) is 725 Å².